The minimum Gasteiger partial charge on any atom is -0.489 e. The lowest BCUT2D eigenvalue weighted by Gasteiger charge is -2.36. The number of anilines is 3. The molecule has 266 valence electrons. The topological polar surface area (TPSA) is 163 Å². The maximum Gasteiger partial charge on any atom is 0.319 e. The molecule has 0 saturated carbocycles. The first-order valence-corrected chi connectivity index (χ1v) is 17.9. The number of hydrogen-bond donors (Lipinski definition) is 2. The highest BCUT2D eigenvalue weighted by atomic mass is 35.5. The number of thiophene rings is 1. The maximum absolute atomic E-state index is 17.4. The first kappa shape index (κ1) is 34.0. The van der Waals surface area contributed by atoms with Crippen LogP contribution in [0.5, 0.6) is 11.8 Å². The molecule has 2 saturated heterocycles. The zero-order chi connectivity index (χ0) is 36.5. The van der Waals surface area contributed by atoms with E-state index in [0.717, 1.165) is 36.8 Å². The molecule has 3 aliphatic rings. The Morgan fingerprint density at radius 1 is 1.21 bits per heavy atom. The molecule has 3 aromatic heterocycles. The summed E-state index contributed by atoms with van der Waals surface area (Å²) in [7, 11) is 0. The molecular weight excluding hydrogens is 715 g/mol. The number of nitrogens with zero attached hydrogens (tertiary/aromatic N) is 7. The molecule has 11 nitrogen and oxygen atoms in total. The van der Waals surface area contributed by atoms with Gasteiger partial charge in [0.15, 0.2) is 11.6 Å². The van der Waals surface area contributed by atoms with Gasteiger partial charge in [-0.25, -0.2) is 18.2 Å². The van der Waals surface area contributed by atoms with Gasteiger partial charge in [-0.05, 0) is 44.0 Å². The Balaban J connectivity index is 1.39. The highest BCUT2D eigenvalue weighted by molar-refractivity contribution is 7.23. The number of pyridine rings is 1. The van der Waals surface area contributed by atoms with Crippen molar-refractivity contribution in [3.8, 4) is 35.0 Å². The molecule has 52 heavy (non-hydrogen) atoms. The third kappa shape index (κ3) is 5.21. The quantitative estimate of drug-likeness (QED) is 0.175. The number of nitriles is 2. The number of halogens is 4. The van der Waals surface area contributed by atoms with Crippen molar-refractivity contribution in [1.82, 2.24) is 19.9 Å². The summed E-state index contributed by atoms with van der Waals surface area (Å²) < 4.78 is 59.9. The van der Waals surface area contributed by atoms with Gasteiger partial charge in [-0.2, -0.15) is 20.5 Å². The third-order valence-corrected chi connectivity index (χ3v) is 11.9. The Morgan fingerprint density at radius 3 is 2.81 bits per heavy atom. The summed E-state index contributed by atoms with van der Waals surface area (Å²) in [5.41, 5.74) is 12.2. The van der Waals surface area contributed by atoms with Crippen molar-refractivity contribution in [2.24, 2.45) is 0 Å². The fourth-order valence-corrected chi connectivity index (χ4v) is 9.43. The molecule has 2 fully saturated rings. The van der Waals surface area contributed by atoms with Crippen molar-refractivity contribution in [2.75, 3.05) is 42.7 Å². The van der Waals surface area contributed by atoms with Crippen molar-refractivity contribution >= 4 is 60.6 Å². The van der Waals surface area contributed by atoms with E-state index in [9.17, 15) is 14.9 Å². The second-order valence-corrected chi connectivity index (χ2v) is 14.8. The van der Waals surface area contributed by atoms with Gasteiger partial charge in [-0.3, -0.25) is 4.90 Å². The Bertz CT molecular complexity index is 2360. The second-order valence-electron chi connectivity index (χ2n) is 13.4. The minimum absolute atomic E-state index is 0.0181. The third-order valence-electron chi connectivity index (χ3n) is 10.5. The van der Waals surface area contributed by atoms with E-state index in [2.05, 4.69) is 20.9 Å². The summed E-state index contributed by atoms with van der Waals surface area (Å²) in [5, 5.41) is 20.1. The maximum atomic E-state index is 17.4. The van der Waals surface area contributed by atoms with E-state index in [1.54, 1.807) is 18.3 Å². The summed E-state index contributed by atoms with van der Waals surface area (Å²) in [6.45, 7) is 2.89. The first-order chi connectivity index (χ1) is 25.1. The average molecular weight is 746 g/mol. The summed E-state index contributed by atoms with van der Waals surface area (Å²) >= 11 is 7.96. The number of nitrogens with two attached hydrogens (primary N) is 2. The fraction of sp³-hybridized carbons (Fsp3) is 0.361. The minimum atomic E-state index is -1.00. The van der Waals surface area contributed by atoms with E-state index in [4.69, 9.17) is 37.5 Å². The lowest BCUT2D eigenvalue weighted by Crippen LogP contribution is -2.43. The molecule has 5 aromatic rings. The van der Waals surface area contributed by atoms with Crippen LogP contribution in [0.3, 0.4) is 0 Å². The first-order valence-electron chi connectivity index (χ1n) is 16.7. The van der Waals surface area contributed by atoms with Gasteiger partial charge in [0.1, 0.15) is 53.4 Å². The summed E-state index contributed by atoms with van der Waals surface area (Å²) in [6, 6.07) is 8.87. The summed E-state index contributed by atoms with van der Waals surface area (Å²) in [4.78, 5) is 17.6. The van der Waals surface area contributed by atoms with Crippen LogP contribution in [0.1, 0.15) is 49.8 Å². The molecule has 0 radical (unpaired) electrons. The second kappa shape index (κ2) is 12.8. The van der Waals surface area contributed by atoms with Crippen LogP contribution in [0.15, 0.2) is 30.5 Å². The normalized spacial score (nSPS) is 21.8. The van der Waals surface area contributed by atoms with Crippen LogP contribution in [0, 0.1) is 34.3 Å². The number of alkyl halides is 1. The van der Waals surface area contributed by atoms with Crippen molar-refractivity contribution in [2.45, 2.75) is 56.4 Å². The lowest BCUT2D eigenvalue weighted by molar-refractivity contribution is 0.107. The van der Waals surface area contributed by atoms with Gasteiger partial charge in [-0.15, -0.1) is 11.3 Å². The lowest BCUT2D eigenvalue weighted by atomic mass is 9.95. The molecule has 0 bridgehead atoms. The van der Waals surface area contributed by atoms with E-state index in [1.165, 1.54) is 6.07 Å². The standard InChI is InChI=1S/C36H31ClF3N9O2S/c1-17(20-4-2-10-45-32(20)43)49-19(7-9-41)15-50-30-26-29(46-35(47-34(26)49)51-16-36-8-3-11-48(36)14-18(38)12-36)28(40)25(27(30)37)21-5-6-23(39)31-24(21)22(13-42)33(44)52-31/h2,4-6,10,17-19H,3,7-8,11-12,14-16,44H2,1H3,(H2,43,45)/t17?,18-,19+,36+/m1/s1. The van der Waals surface area contributed by atoms with E-state index in [1.807, 2.05) is 17.9 Å². The van der Waals surface area contributed by atoms with Crippen LogP contribution in [0.4, 0.5) is 29.8 Å². The Labute approximate surface area is 305 Å². The predicted octanol–water partition coefficient (Wildman–Crippen LogP) is 7.07. The number of rotatable bonds is 7. The van der Waals surface area contributed by atoms with Gasteiger partial charge in [0.25, 0.3) is 0 Å². The van der Waals surface area contributed by atoms with Crippen LogP contribution in [0.2, 0.25) is 5.02 Å². The Hall–Kier alpha value is -5.09. The van der Waals surface area contributed by atoms with E-state index in [0.29, 0.717) is 18.5 Å². The van der Waals surface area contributed by atoms with Gasteiger partial charge >= 0.3 is 6.01 Å². The van der Waals surface area contributed by atoms with Crippen molar-refractivity contribution < 1.29 is 22.6 Å². The SMILES string of the molecule is CC(c1cccnc1N)N1c2nc(OC[C@@]34CCCN3C[C@H](F)C4)nc3c(F)c(-c4ccc(F)c5sc(N)c(C#N)c45)c(Cl)c(c23)OC[C@@H]1CC#N. The van der Waals surface area contributed by atoms with Gasteiger partial charge in [-0.1, -0.05) is 23.7 Å². The number of aromatic nitrogens is 3. The Kier molecular flexibility index (Phi) is 8.40. The number of hydrogen-bond acceptors (Lipinski definition) is 12. The summed E-state index contributed by atoms with van der Waals surface area (Å²) in [5.74, 6) is -1.08. The molecule has 0 amide bonds. The number of benzene rings is 2. The molecule has 16 heteroatoms. The van der Waals surface area contributed by atoms with Gasteiger partial charge in [0.2, 0.25) is 0 Å². The molecule has 4 N–H and O–H groups in total. The zero-order valence-electron chi connectivity index (χ0n) is 27.8. The van der Waals surface area contributed by atoms with Crippen molar-refractivity contribution in [1.29, 1.82) is 10.5 Å². The van der Waals surface area contributed by atoms with Gasteiger partial charge < -0.3 is 25.8 Å². The molecule has 4 atom stereocenters. The molecule has 6 heterocycles. The van der Waals surface area contributed by atoms with E-state index in [-0.39, 0.29) is 90.7 Å². The monoisotopic (exact) mass is 745 g/mol. The van der Waals surface area contributed by atoms with Crippen LogP contribution in [-0.2, 0) is 0 Å². The van der Waals surface area contributed by atoms with Crippen molar-refractivity contribution in [3.63, 3.8) is 0 Å². The molecular formula is C36H31ClF3N9O2S. The zero-order valence-corrected chi connectivity index (χ0v) is 29.4. The highest BCUT2D eigenvalue weighted by Crippen LogP contribution is 2.52. The van der Waals surface area contributed by atoms with Gasteiger partial charge in [0, 0.05) is 35.7 Å². The fourth-order valence-electron chi connectivity index (χ4n) is 8.14. The predicted molar refractivity (Wildman–Crippen MR) is 192 cm³/mol. The molecule has 0 spiro atoms. The largest absolute Gasteiger partial charge is 0.489 e. The van der Waals surface area contributed by atoms with Crippen molar-refractivity contribution in [3.05, 3.63) is 58.2 Å². The molecule has 1 unspecified atom stereocenters. The van der Waals surface area contributed by atoms with E-state index >= 15 is 8.78 Å². The van der Waals surface area contributed by atoms with Crippen LogP contribution < -0.4 is 25.8 Å². The molecule has 2 aromatic carbocycles. The van der Waals surface area contributed by atoms with E-state index < -0.39 is 35.4 Å². The van der Waals surface area contributed by atoms with Crippen LogP contribution >= 0.6 is 22.9 Å². The van der Waals surface area contributed by atoms with Gasteiger partial charge in [0.05, 0.1) is 50.8 Å². The molecule has 8 rings (SSSR count). The highest BCUT2D eigenvalue weighted by Gasteiger charge is 2.49. The summed E-state index contributed by atoms with van der Waals surface area (Å²) in [6.07, 6.45) is 2.43. The number of fused-ring (bicyclic) bond motifs is 2. The van der Waals surface area contributed by atoms with Crippen LogP contribution in [-0.4, -0.2) is 63.9 Å². The number of nitrogen functional groups attached to an aromatic ring is 2. The Morgan fingerprint density at radius 2 is 2.04 bits per heavy atom. The van der Waals surface area contributed by atoms with Crippen LogP contribution in [0.25, 0.3) is 32.1 Å². The average Bonchev–Trinajstić information content (AvgIpc) is 3.73. The number of ether oxygens (including phenoxy) is 2. The molecule has 3 aliphatic heterocycles. The molecule has 0 aliphatic carbocycles. The smallest absolute Gasteiger partial charge is 0.319 e.